The molecule has 0 aliphatic carbocycles. The van der Waals surface area contributed by atoms with Gasteiger partial charge in [-0.3, -0.25) is 0 Å². The molecule has 0 unspecified atom stereocenters. The first-order valence-electron chi connectivity index (χ1n) is 7.96. The first-order chi connectivity index (χ1) is 12.3. The molecule has 0 amide bonds. The molecule has 0 saturated heterocycles. The van der Waals surface area contributed by atoms with Gasteiger partial charge in [-0.05, 0) is 48.0 Å². The molecule has 5 heteroatoms. The smallest absolute Gasteiger partial charge is 0.176 e. The number of fused-ring (bicyclic) bond motifs is 1. The van der Waals surface area contributed by atoms with Crippen LogP contribution in [0.5, 0.6) is 11.5 Å². The number of nitriles is 1. The maximum absolute atomic E-state index is 9.04. The fourth-order valence-corrected chi connectivity index (χ4v) is 2.78. The standard InChI is InChI=1S/C20H15N3O2/c21-13-14-3-1-5-18(11-14)25-19-12-15(9-16-6-8-24-20(16)19)10-17-4-2-7-22-23-17/h1-6,8-9,11-12,22H,7,10H2. The molecular formula is C20H15N3O2. The third kappa shape index (κ3) is 3.24. The molecule has 5 nitrogen and oxygen atoms in total. The van der Waals surface area contributed by atoms with Crippen molar-refractivity contribution in [2.75, 3.05) is 6.54 Å². The van der Waals surface area contributed by atoms with E-state index in [1.165, 1.54) is 0 Å². The Kier molecular flexibility index (Phi) is 3.93. The van der Waals surface area contributed by atoms with Crippen molar-refractivity contribution in [3.05, 3.63) is 72.0 Å². The molecule has 2 aromatic carbocycles. The van der Waals surface area contributed by atoms with Crippen LogP contribution in [0.3, 0.4) is 0 Å². The first kappa shape index (κ1) is 15.0. The van der Waals surface area contributed by atoms with Crippen molar-refractivity contribution in [1.29, 1.82) is 5.26 Å². The van der Waals surface area contributed by atoms with E-state index in [0.29, 0.717) is 29.1 Å². The molecule has 0 saturated carbocycles. The van der Waals surface area contributed by atoms with E-state index in [1.807, 2.05) is 30.4 Å². The number of benzene rings is 2. The predicted octanol–water partition coefficient (Wildman–Crippen LogP) is 4.15. The summed E-state index contributed by atoms with van der Waals surface area (Å²) in [7, 11) is 0. The highest BCUT2D eigenvalue weighted by atomic mass is 16.5. The fraction of sp³-hybridized carbons (Fsp3) is 0.100. The Hall–Kier alpha value is -3.52. The number of nitrogens with zero attached hydrogens (tertiary/aromatic N) is 2. The van der Waals surface area contributed by atoms with Gasteiger partial charge in [0.1, 0.15) is 5.75 Å². The van der Waals surface area contributed by atoms with Crippen LogP contribution in [-0.2, 0) is 6.42 Å². The van der Waals surface area contributed by atoms with Gasteiger partial charge in [-0.1, -0.05) is 12.1 Å². The maximum atomic E-state index is 9.04. The van der Waals surface area contributed by atoms with Crippen molar-refractivity contribution >= 4 is 16.7 Å². The Balaban J connectivity index is 1.69. The normalized spacial score (nSPS) is 13.2. The summed E-state index contributed by atoms with van der Waals surface area (Å²) < 4.78 is 11.6. The molecule has 1 aromatic heterocycles. The van der Waals surface area contributed by atoms with Gasteiger partial charge in [0.15, 0.2) is 11.3 Å². The van der Waals surface area contributed by atoms with Gasteiger partial charge >= 0.3 is 0 Å². The van der Waals surface area contributed by atoms with Crippen molar-refractivity contribution in [1.82, 2.24) is 5.43 Å². The molecule has 1 aliphatic heterocycles. The van der Waals surface area contributed by atoms with Gasteiger partial charge in [-0.2, -0.15) is 10.4 Å². The van der Waals surface area contributed by atoms with Crippen molar-refractivity contribution in [2.45, 2.75) is 6.42 Å². The van der Waals surface area contributed by atoms with E-state index >= 15 is 0 Å². The average Bonchev–Trinajstić information content (AvgIpc) is 3.12. The second-order valence-electron chi connectivity index (χ2n) is 5.72. The molecular weight excluding hydrogens is 314 g/mol. The van der Waals surface area contributed by atoms with Crippen LogP contribution in [0.4, 0.5) is 0 Å². The third-order valence-corrected chi connectivity index (χ3v) is 3.90. The van der Waals surface area contributed by atoms with Crippen LogP contribution in [0.2, 0.25) is 0 Å². The van der Waals surface area contributed by atoms with Gasteiger partial charge in [0, 0.05) is 11.8 Å². The van der Waals surface area contributed by atoms with E-state index in [2.05, 4.69) is 22.7 Å². The molecule has 0 radical (unpaired) electrons. The Morgan fingerprint density at radius 1 is 1.24 bits per heavy atom. The van der Waals surface area contributed by atoms with Crippen molar-refractivity contribution in [3.8, 4) is 17.6 Å². The number of hydrogen-bond acceptors (Lipinski definition) is 5. The number of hydrazone groups is 1. The molecule has 0 spiro atoms. The minimum absolute atomic E-state index is 0.553. The van der Waals surface area contributed by atoms with E-state index in [9.17, 15) is 0 Å². The highest BCUT2D eigenvalue weighted by molar-refractivity contribution is 5.97. The van der Waals surface area contributed by atoms with Gasteiger partial charge in [-0.25, -0.2) is 0 Å². The van der Waals surface area contributed by atoms with Gasteiger partial charge in [0.05, 0.1) is 30.2 Å². The van der Waals surface area contributed by atoms with Crippen LogP contribution < -0.4 is 10.2 Å². The zero-order valence-corrected chi connectivity index (χ0v) is 13.4. The Morgan fingerprint density at radius 3 is 3.04 bits per heavy atom. The molecule has 122 valence electrons. The number of allylic oxidation sites excluding steroid dienone is 1. The summed E-state index contributed by atoms with van der Waals surface area (Å²) in [6.07, 6.45) is 6.41. The summed E-state index contributed by atoms with van der Waals surface area (Å²) in [5, 5.41) is 14.3. The van der Waals surface area contributed by atoms with Gasteiger partial charge in [-0.15, -0.1) is 0 Å². The zero-order chi connectivity index (χ0) is 17.1. The molecule has 2 heterocycles. The van der Waals surface area contributed by atoms with Crippen LogP contribution in [0.1, 0.15) is 11.1 Å². The topological polar surface area (TPSA) is 70.5 Å². The molecule has 1 aliphatic rings. The summed E-state index contributed by atoms with van der Waals surface area (Å²) in [6, 6.07) is 15.1. The highest BCUT2D eigenvalue weighted by Crippen LogP contribution is 2.33. The lowest BCUT2D eigenvalue weighted by molar-refractivity contribution is 0.472. The molecule has 0 bridgehead atoms. The van der Waals surface area contributed by atoms with Crippen LogP contribution in [-0.4, -0.2) is 12.3 Å². The van der Waals surface area contributed by atoms with E-state index in [4.69, 9.17) is 14.4 Å². The van der Waals surface area contributed by atoms with Gasteiger partial charge < -0.3 is 14.6 Å². The fourth-order valence-electron chi connectivity index (χ4n) is 2.78. The highest BCUT2D eigenvalue weighted by Gasteiger charge is 2.12. The molecule has 0 atom stereocenters. The van der Waals surface area contributed by atoms with Gasteiger partial charge in [0.25, 0.3) is 0 Å². The van der Waals surface area contributed by atoms with Crippen molar-refractivity contribution in [3.63, 3.8) is 0 Å². The molecule has 0 fully saturated rings. The van der Waals surface area contributed by atoms with Crippen molar-refractivity contribution in [2.24, 2.45) is 5.10 Å². The average molecular weight is 329 g/mol. The van der Waals surface area contributed by atoms with Crippen LogP contribution >= 0.6 is 0 Å². The van der Waals surface area contributed by atoms with Crippen LogP contribution in [0.15, 0.2) is 70.4 Å². The summed E-state index contributed by atoms with van der Waals surface area (Å²) in [5.74, 6) is 1.23. The zero-order valence-electron chi connectivity index (χ0n) is 13.4. The lowest BCUT2D eigenvalue weighted by Gasteiger charge is -2.11. The van der Waals surface area contributed by atoms with Gasteiger partial charge in [0.2, 0.25) is 0 Å². The second-order valence-corrected chi connectivity index (χ2v) is 5.72. The van der Waals surface area contributed by atoms with Crippen LogP contribution in [0, 0.1) is 11.3 Å². The number of furan rings is 1. The SMILES string of the molecule is N#Cc1cccc(Oc2cc(CC3=NNCC=C3)cc3ccoc23)c1. The summed E-state index contributed by atoms with van der Waals surface area (Å²) in [5.41, 5.74) is 6.25. The van der Waals surface area contributed by atoms with E-state index in [1.54, 1.807) is 24.5 Å². The number of hydrogen-bond donors (Lipinski definition) is 1. The van der Waals surface area contributed by atoms with Crippen LogP contribution in [0.25, 0.3) is 11.0 Å². The lowest BCUT2D eigenvalue weighted by atomic mass is 10.1. The Labute approximate surface area is 144 Å². The summed E-state index contributed by atoms with van der Waals surface area (Å²) in [4.78, 5) is 0. The lowest BCUT2D eigenvalue weighted by Crippen LogP contribution is -2.15. The van der Waals surface area contributed by atoms with E-state index in [0.717, 1.165) is 23.2 Å². The second kappa shape index (κ2) is 6.54. The molecule has 1 N–H and O–H groups in total. The molecule has 4 rings (SSSR count). The first-order valence-corrected chi connectivity index (χ1v) is 7.96. The van der Waals surface area contributed by atoms with Crippen molar-refractivity contribution < 1.29 is 9.15 Å². The number of ether oxygens (including phenoxy) is 1. The summed E-state index contributed by atoms with van der Waals surface area (Å²) in [6.45, 7) is 0.758. The van der Waals surface area contributed by atoms with E-state index in [-0.39, 0.29) is 0 Å². The number of nitrogens with one attached hydrogen (secondary N) is 1. The largest absolute Gasteiger partial charge is 0.460 e. The monoisotopic (exact) mass is 329 g/mol. The Bertz CT molecular complexity index is 1020. The minimum atomic E-state index is 0.553. The number of rotatable bonds is 4. The molecule has 25 heavy (non-hydrogen) atoms. The molecule has 3 aromatic rings. The van der Waals surface area contributed by atoms with E-state index < -0.39 is 0 Å². The third-order valence-electron chi connectivity index (χ3n) is 3.90. The maximum Gasteiger partial charge on any atom is 0.176 e. The minimum Gasteiger partial charge on any atom is -0.460 e. The Morgan fingerprint density at radius 2 is 2.20 bits per heavy atom. The predicted molar refractivity (Wildman–Crippen MR) is 95.7 cm³/mol. The summed E-state index contributed by atoms with van der Waals surface area (Å²) >= 11 is 0. The quantitative estimate of drug-likeness (QED) is 0.780.